The van der Waals surface area contributed by atoms with E-state index in [-0.39, 0.29) is 23.5 Å². The molecule has 0 bridgehead atoms. The van der Waals surface area contributed by atoms with Gasteiger partial charge in [-0.25, -0.2) is 8.42 Å². The highest BCUT2D eigenvalue weighted by molar-refractivity contribution is 7.91. The molecular formula is C17H18N2O3S. The van der Waals surface area contributed by atoms with Gasteiger partial charge in [-0.3, -0.25) is 9.78 Å². The predicted octanol–water partition coefficient (Wildman–Crippen LogP) is 1.59. The number of amides is 1. The first-order valence-corrected chi connectivity index (χ1v) is 9.34. The number of carbonyl (C=O) groups excluding carboxylic acids is 1. The summed E-state index contributed by atoms with van der Waals surface area (Å²) in [6.45, 7) is 0. The molecule has 0 unspecified atom stereocenters. The van der Waals surface area contributed by atoms with Crippen LogP contribution in [-0.2, 0) is 16.3 Å². The third kappa shape index (κ3) is 4.16. The van der Waals surface area contributed by atoms with Gasteiger partial charge in [0, 0.05) is 24.4 Å². The lowest BCUT2D eigenvalue weighted by atomic mass is 10.1. The maximum absolute atomic E-state index is 12.1. The minimum absolute atomic E-state index is 0.0261. The summed E-state index contributed by atoms with van der Waals surface area (Å²) < 4.78 is 22.8. The molecule has 1 saturated heterocycles. The number of carbonyl (C=O) groups is 1. The van der Waals surface area contributed by atoms with E-state index in [0.717, 1.165) is 11.3 Å². The van der Waals surface area contributed by atoms with Gasteiger partial charge in [0.25, 0.3) is 5.91 Å². The molecule has 1 aliphatic rings. The van der Waals surface area contributed by atoms with E-state index in [1.807, 2.05) is 36.4 Å². The summed E-state index contributed by atoms with van der Waals surface area (Å²) >= 11 is 0. The summed E-state index contributed by atoms with van der Waals surface area (Å²) in [5.74, 6) is -0.101. The van der Waals surface area contributed by atoms with Crippen LogP contribution >= 0.6 is 0 Å². The normalized spacial score (nSPS) is 19.4. The second-order valence-electron chi connectivity index (χ2n) is 5.77. The van der Waals surface area contributed by atoms with Crippen LogP contribution in [0.2, 0.25) is 0 Å². The highest BCUT2D eigenvalue weighted by atomic mass is 32.2. The SMILES string of the molecule is O=C(N[C@H]1CCS(=O)(=O)C1)c1ccc(Cc2ccccc2)nc1. The van der Waals surface area contributed by atoms with Crippen LogP contribution in [0.5, 0.6) is 0 Å². The van der Waals surface area contributed by atoms with Crippen LogP contribution in [0.1, 0.15) is 28.0 Å². The minimum atomic E-state index is -2.99. The summed E-state index contributed by atoms with van der Waals surface area (Å²) in [5, 5.41) is 2.76. The molecule has 0 saturated carbocycles. The van der Waals surface area contributed by atoms with Crippen molar-refractivity contribution in [3.8, 4) is 0 Å². The summed E-state index contributed by atoms with van der Waals surface area (Å²) in [4.78, 5) is 16.5. The zero-order chi connectivity index (χ0) is 16.3. The number of sulfone groups is 1. The van der Waals surface area contributed by atoms with Crippen LogP contribution in [0.25, 0.3) is 0 Å². The van der Waals surface area contributed by atoms with E-state index in [9.17, 15) is 13.2 Å². The first-order chi connectivity index (χ1) is 11.0. The predicted molar refractivity (Wildman–Crippen MR) is 88.0 cm³/mol. The number of nitrogens with one attached hydrogen (secondary N) is 1. The number of benzene rings is 1. The minimum Gasteiger partial charge on any atom is -0.348 e. The van der Waals surface area contributed by atoms with Crippen LogP contribution in [0.3, 0.4) is 0 Å². The maximum atomic E-state index is 12.1. The van der Waals surface area contributed by atoms with Crippen molar-refractivity contribution in [1.82, 2.24) is 10.3 Å². The zero-order valence-electron chi connectivity index (χ0n) is 12.6. The van der Waals surface area contributed by atoms with Crippen molar-refractivity contribution in [2.24, 2.45) is 0 Å². The van der Waals surface area contributed by atoms with Gasteiger partial charge < -0.3 is 5.32 Å². The summed E-state index contributed by atoms with van der Waals surface area (Å²) in [7, 11) is -2.99. The van der Waals surface area contributed by atoms with Crippen molar-refractivity contribution >= 4 is 15.7 Å². The molecule has 6 heteroatoms. The highest BCUT2D eigenvalue weighted by Gasteiger charge is 2.29. The second-order valence-corrected chi connectivity index (χ2v) is 8.00. The van der Waals surface area contributed by atoms with Gasteiger partial charge in [0.05, 0.1) is 17.1 Å². The van der Waals surface area contributed by atoms with Crippen LogP contribution in [-0.4, -0.2) is 36.9 Å². The zero-order valence-corrected chi connectivity index (χ0v) is 13.4. The molecule has 120 valence electrons. The van der Waals surface area contributed by atoms with Crippen LogP contribution in [0.4, 0.5) is 0 Å². The average Bonchev–Trinajstić information content (AvgIpc) is 2.88. The van der Waals surface area contributed by atoms with E-state index in [0.29, 0.717) is 18.4 Å². The van der Waals surface area contributed by atoms with Gasteiger partial charge in [-0.05, 0) is 24.1 Å². The van der Waals surface area contributed by atoms with Crippen molar-refractivity contribution < 1.29 is 13.2 Å². The fourth-order valence-electron chi connectivity index (χ4n) is 2.65. The number of hydrogen-bond acceptors (Lipinski definition) is 4. The molecule has 1 fully saturated rings. The molecule has 0 aliphatic carbocycles. The van der Waals surface area contributed by atoms with Crippen LogP contribution < -0.4 is 5.32 Å². The fourth-order valence-corrected chi connectivity index (χ4v) is 4.32. The smallest absolute Gasteiger partial charge is 0.253 e. The molecule has 1 aromatic heterocycles. The fraction of sp³-hybridized carbons (Fsp3) is 0.294. The Morgan fingerprint density at radius 3 is 2.57 bits per heavy atom. The molecule has 0 spiro atoms. The Morgan fingerprint density at radius 2 is 1.96 bits per heavy atom. The number of pyridine rings is 1. The van der Waals surface area contributed by atoms with Crippen molar-refractivity contribution in [2.45, 2.75) is 18.9 Å². The van der Waals surface area contributed by atoms with Gasteiger partial charge in [-0.15, -0.1) is 0 Å². The van der Waals surface area contributed by atoms with E-state index in [2.05, 4.69) is 10.3 Å². The second kappa shape index (κ2) is 6.50. The Labute approximate surface area is 135 Å². The van der Waals surface area contributed by atoms with Crippen LogP contribution in [0.15, 0.2) is 48.7 Å². The molecule has 1 amide bonds. The first kappa shape index (κ1) is 15.7. The number of aromatic nitrogens is 1. The van der Waals surface area contributed by atoms with E-state index < -0.39 is 9.84 Å². The maximum Gasteiger partial charge on any atom is 0.253 e. The first-order valence-electron chi connectivity index (χ1n) is 7.52. The standard InChI is InChI=1S/C17H18N2O3S/c20-17(19-16-8-9-23(21,22)12-16)14-6-7-15(18-11-14)10-13-4-2-1-3-5-13/h1-7,11,16H,8-10,12H2,(H,19,20)/t16-/m0/s1. The Morgan fingerprint density at radius 1 is 1.17 bits per heavy atom. The molecule has 23 heavy (non-hydrogen) atoms. The lowest BCUT2D eigenvalue weighted by molar-refractivity contribution is 0.0941. The van der Waals surface area contributed by atoms with Gasteiger partial charge >= 0.3 is 0 Å². The number of nitrogens with zero attached hydrogens (tertiary/aromatic N) is 1. The molecule has 5 nitrogen and oxygen atoms in total. The molecule has 2 aromatic rings. The van der Waals surface area contributed by atoms with Gasteiger partial charge in [-0.2, -0.15) is 0 Å². The Bertz CT molecular complexity index is 786. The van der Waals surface area contributed by atoms with Gasteiger partial charge in [0.2, 0.25) is 0 Å². The number of rotatable bonds is 4. The van der Waals surface area contributed by atoms with Crippen molar-refractivity contribution in [3.05, 3.63) is 65.5 Å². The molecule has 2 heterocycles. The monoisotopic (exact) mass is 330 g/mol. The van der Waals surface area contributed by atoms with E-state index >= 15 is 0 Å². The molecule has 1 N–H and O–H groups in total. The summed E-state index contributed by atoms with van der Waals surface area (Å²) in [5.41, 5.74) is 2.50. The molecule has 0 radical (unpaired) electrons. The van der Waals surface area contributed by atoms with Gasteiger partial charge in [-0.1, -0.05) is 30.3 Å². The Balaban J connectivity index is 1.62. The largest absolute Gasteiger partial charge is 0.348 e. The molecule has 1 atom stereocenters. The summed E-state index contributed by atoms with van der Waals surface area (Å²) in [6.07, 6.45) is 2.73. The highest BCUT2D eigenvalue weighted by Crippen LogP contribution is 2.13. The molecular weight excluding hydrogens is 312 g/mol. The van der Waals surface area contributed by atoms with E-state index in [1.54, 1.807) is 6.07 Å². The van der Waals surface area contributed by atoms with E-state index in [1.165, 1.54) is 6.20 Å². The van der Waals surface area contributed by atoms with Crippen molar-refractivity contribution in [3.63, 3.8) is 0 Å². The van der Waals surface area contributed by atoms with Crippen molar-refractivity contribution in [2.75, 3.05) is 11.5 Å². The van der Waals surface area contributed by atoms with Gasteiger partial charge in [0.1, 0.15) is 0 Å². The average molecular weight is 330 g/mol. The van der Waals surface area contributed by atoms with Gasteiger partial charge in [0.15, 0.2) is 9.84 Å². The lowest BCUT2D eigenvalue weighted by Gasteiger charge is -2.10. The molecule has 1 aliphatic heterocycles. The molecule has 3 rings (SSSR count). The molecule has 1 aromatic carbocycles. The van der Waals surface area contributed by atoms with Crippen molar-refractivity contribution in [1.29, 1.82) is 0 Å². The quantitative estimate of drug-likeness (QED) is 0.923. The van der Waals surface area contributed by atoms with E-state index in [4.69, 9.17) is 0 Å². The third-order valence-corrected chi connectivity index (χ3v) is 5.65. The summed E-state index contributed by atoms with van der Waals surface area (Å²) in [6, 6.07) is 13.2. The lowest BCUT2D eigenvalue weighted by Crippen LogP contribution is -2.35. The Kier molecular flexibility index (Phi) is 4.43. The third-order valence-electron chi connectivity index (χ3n) is 3.88. The number of hydrogen-bond donors (Lipinski definition) is 1. The topological polar surface area (TPSA) is 76.1 Å². The Hall–Kier alpha value is -2.21. The van der Waals surface area contributed by atoms with Crippen LogP contribution in [0, 0.1) is 0 Å².